The fourth-order valence-electron chi connectivity index (χ4n) is 1.82. The van der Waals surface area contributed by atoms with Gasteiger partial charge in [0, 0.05) is 11.9 Å². The lowest BCUT2D eigenvalue weighted by molar-refractivity contribution is -0.120. The van der Waals surface area contributed by atoms with E-state index in [0.29, 0.717) is 19.4 Å². The Bertz CT molecular complexity index is 564. The number of aliphatic hydroxyl groups excluding tert-OH is 1. The van der Waals surface area contributed by atoms with E-state index >= 15 is 0 Å². The molecule has 0 aromatic carbocycles. The molecule has 2 rings (SSSR count). The zero-order chi connectivity index (χ0) is 15.2. The molecule has 0 radical (unpaired) electrons. The molecule has 0 aliphatic rings. The first-order valence-electron chi connectivity index (χ1n) is 6.99. The summed E-state index contributed by atoms with van der Waals surface area (Å²) in [5.41, 5.74) is 0.797. The van der Waals surface area contributed by atoms with E-state index in [2.05, 4.69) is 10.3 Å². The van der Waals surface area contributed by atoms with Crippen LogP contribution in [0.3, 0.4) is 0 Å². The van der Waals surface area contributed by atoms with Crippen molar-refractivity contribution in [3.8, 4) is 9.88 Å². The van der Waals surface area contributed by atoms with E-state index in [-0.39, 0.29) is 17.9 Å². The Morgan fingerprint density at radius 3 is 2.90 bits per heavy atom. The van der Waals surface area contributed by atoms with E-state index in [0.717, 1.165) is 15.6 Å². The normalized spacial score (nSPS) is 12.6. The van der Waals surface area contributed by atoms with Crippen molar-refractivity contribution in [1.29, 1.82) is 0 Å². The highest BCUT2D eigenvalue weighted by Crippen LogP contribution is 2.27. The molecule has 0 fully saturated rings. The SMILES string of the molecule is CC(C)C(O)CCNC(=O)Cc1csc(-c2cccs2)n1. The quantitative estimate of drug-likeness (QED) is 0.823. The monoisotopic (exact) mass is 324 g/mol. The van der Waals surface area contributed by atoms with Crippen molar-refractivity contribution in [3.63, 3.8) is 0 Å². The van der Waals surface area contributed by atoms with Crippen molar-refractivity contribution in [3.05, 3.63) is 28.6 Å². The van der Waals surface area contributed by atoms with E-state index in [1.54, 1.807) is 22.7 Å². The van der Waals surface area contributed by atoms with Crippen LogP contribution in [0.1, 0.15) is 26.0 Å². The number of hydrogen-bond donors (Lipinski definition) is 2. The molecule has 1 atom stereocenters. The highest BCUT2D eigenvalue weighted by molar-refractivity contribution is 7.20. The maximum atomic E-state index is 11.8. The van der Waals surface area contributed by atoms with E-state index in [9.17, 15) is 9.90 Å². The van der Waals surface area contributed by atoms with Crippen LogP contribution in [-0.4, -0.2) is 28.6 Å². The van der Waals surface area contributed by atoms with Gasteiger partial charge in [0.05, 0.1) is 23.1 Å². The maximum Gasteiger partial charge on any atom is 0.226 e. The molecule has 2 aromatic heterocycles. The average molecular weight is 324 g/mol. The van der Waals surface area contributed by atoms with Gasteiger partial charge >= 0.3 is 0 Å². The second-order valence-corrected chi connectivity index (χ2v) is 7.05. The number of aromatic nitrogens is 1. The molecule has 6 heteroatoms. The zero-order valence-corrected chi connectivity index (χ0v) is 13.8. The number of hydrogen-bond acceptors (Lipinski definition) is 5. The van der Waals surface area contributed by atoms with Crippen molar-refractivity contribution >= 4 is 28.6 Å². The minimum atomic E-state index is -0.366. The molecule has 0 spiro atoms. The standard InChI is InChI=1S/C15H20N2O2S2/c1-10(2)12(18)5-6-16-14(19)8-11-9-21-15(17-11)13-4-3-7-20-13/h3-4,7,9-10,12,18H,5-6,8H2,1-2H3,(H,16,19). The van der Waals surface area contributed by atoms with Crippen LogP contribution in [0.4, 0.5) is 0 Å². The van der Waals surface area contributed by atoms with E-state index in [1.165, 1.54) is 0 Å². The highest BCUT2D eigenvalue weighted by atomic mass is 32.1. The third kappa shape index (κ3) is 4.91. The topological polar surface area (TPSA) is 62.2 Å². The molecule has 0 saturated carbocycles. The van der Waals surface area contributed by atoms with Crippen LogP contribution < -0.4 is 5.32 Å². The zero-order valence-electron chi connectivity index (χ0n) is 12.2. The first-order chi connectivity index (χ1) is 10.1. The number of rotatable bonds is 7. The Kier molecular flexibility index (Phi) is 5.90. The summed E-state index contributed by atoms with van der Waals surface area (Å²) in [5.74, 6) is 0.169. The van der Waals surface area contributed by atoms with Gasteiger partial charge in [0.15, 0.2) is 0 Å². The lowest BCUT2D eigenvalue weighted by Gasteiger charge is -2.14. The summed E-state index contributed by atoms with van der Waals surface area (Å²) >= 11 is 3.21. The predicted octanol–water partition coefficient (Wildman–Crippen LogP) is 2.94. The van der Waals surface area contributed by atoms with Gasteiger partial charge in [-0.1, -0.05) is 19.9 Å². The van der Waals surface area contributed by atoms with Gasteiger partial charge < -0.3 is 10.4 Å². The van der Waals surface area contributed by atoms with Crippen LogP contribution in [0.5, 0.6) is 0 Å². The molecular weight excluding hydrogens is 304 g/mol. The van der Waals surface area contributed by atoms with Gasteiger partial charge in [0.25, 0.3) is 0 Å². The molecule has 0 aliphatic carbocycles. The molecule has 4 nitrogen and oxygen atoms in total. The predicted molar refractivity (Wildman–Crippen MR) is 87.6 cm³/mol. The summed E-state index contributed by atoms with van der Waals surface area (Å²) in [6.07, 6.45) is 0.510. The maximum absolute atomic E-state index is 11.8. The second kappa shape index (κ2) is 7.68. The number of carbonyl (C=O) groups excluding carboxylic acids is 1. The molecule has 0 saturated heterocycles. The van der Waals surface area contributed by atoms with Gasteiger partial charge in [-0.25, -0.2) is 4.98 Å². The first kappa shape index (κ1) is 16.1. The Morgan fingerprint density at radius 2 is 2.24 bits per heavy atom. The van der Waals surface area contributed by atoms with Gasteiger partial charge in [-0.2, -0.15) is 0 Å². The third-order valence-electron chi connectivity index (χ3n) is 3.16. The van der Waals surface area contributed by atoms with Gasteiger partial charge in [-0.15, -0.1) is 22.7 Å². The minimum Gasteiger partial charge on any atom is -0.393 e. The summed E-state index contributed by atoms with van der Waals surface area (Å²) in [5, 5.41) is 17.4. The van der Waals surface area contributed by atoms with Crippen molar-refractivity contribution < 1.29 is 9.90 Å². The van der Waals surface area contributed by atoms with Crippen molar-refractivity contribution in [2.75, 3.05) is 6.54 Å². The van der Waals surface area contributed by atoms with Crippen LogP contribution >= 0.6 is 22.7 Å². The molecule has 21 heavy (non-hydrogen) atoms. The number of nitrogens with zero attached hydrogens (tertiary/aromatic N) is 1. The summed E-state index contributed by atoms with van der Waals surface area (Å²) in [6.45, 7) is 4.43. The summed E-state index contributed by atoms with van der Waals surface area (Å²) in [6, 6.07) is 4.02. The van der Waals surface area contributed by atoms with E-state index in [1.807, 2.05) is 36.7 Å². The molecule has 0 aliphatic heterocycles. The molecule has 0 bridgehead atoms. The molecule has 2 heterocycles. The Hall–Kier alpha value is -1.24. The molecular formula is C15H20N2O2S2. The minimum absolute atomic E-state index is 0.0472. The van der Waals surface area contributed by atoms with Crippen LogP contribution in [0, 0.1) is 5.92 Å². The number of thiazole rings is 1. The smallest absolute Gasteiger partial charge is 0.226 e. The van der Waals surface area contributed by atoms with Crippen molar-refractivity contribution in [1.82, 2.24) is 10.3 Å². The van der Waals surface area contributed by atoms with Gasteiger partial charge in [0.1, 0.15) is 5.01 Å². The number of thiophene rings is 1. The molecule has 114 valence electrons. The van der Waals surface area contributed by atoms with Crippen LogP contribution in [0.25, 0.3) is 9.88 Å². The van der Waals surface area contributed by atoms with Gasteiger partial charge in [-0.3, -0.25) is 4.79 Å². The van der Waals surface area contributed by atoms with Crippen LogP contribution in [0.2, 0.25) is 0 Å². The Morgan fingerprint density at radius 1 is 1.43 bits per heavy atom. The molecule has 2 aromatic rings. The lowest BCUT2D eigenvalue weighted by atomic mass is 10.0. The molecule has 1 amide bonds. The van der Waals surface area contributed by atoms with E-state index < -0.39 is 0 Å². The van der Waals surface area contributed by atoms with Crippen molar-refractivity contribution in [2.24, 2.45) is 5.92 Å². The second-order valence-electron chi connectivity index (χ2n) is 5.25. The fourth-order valence-corrected chi connectivity index (χ4v) is 3.46. The molecule has 1 unspecified atom stereocenters. The summed E-state index contributed by atoms with van der Waals surface area (Å²) in [7, 11) is 0. The molecule has 2 N–H and O–H groups in total. The first-order valence-corrected chi connectivity index (χ1v) is 8.75. The number of carbonyl (C=O) groups is 1. The highest BCUT2D eigenvalue weighted by Gasteiger charge is 2.11. The average Bonchev–Trinajstić information content (AvgIpc) is 3.08. The van der Waals surface area contributed by atoms with Gasteiger partial charge in [0.2, 0.25) is 5.91 Å². The fraction of sp³-hybridized carbons (Fsp3) is 0.467. The lowest BCUT2D eigenvalue weighted by Crippen LogP contribution is -2.29. The summed E-state index contributed by atoms with van der Waals surface area (Å²) < 4.78 is 0. The van der Waals surface area contributed by atoms with Crippen LogP contribution in [0.15, 0.2) is 22.9 Å². The third-order valence-corrected chi connectivity index (χ3v) is 5.09. The number of aliphatic hydroxyl groups is 1. The van der Waals surface area contributed by atoms with Crippen LogP contribution in [-0.2, 0) is 11.2 Å². The Balaban J connectivity index is 1.78. The number of amides is 1. The summed E-state index contributed by atoms with van der Waals surface area (Å²) in [4.78, 5) is 17.4. The van der Waals surface area contributed by atoms with Gasteiger partial charge in [-0.05, 0) is 23.8 Å². The van der Waals surface area contributed by atoms with E-state index in [4.69, 9.17) is 0 Å². The Labute approximate surface area is 132 Å². The van der Waals surface area contributed by atoms with Crippen molar-refractivity contribution in [2.45, 2.75) is 32.8 Å². The largest absolute Gasteiger partial charge is 0.393 e. The number of nitrogens with one attached hydrogen (secondary N) is 1.